The van der Waals surface area contributed by atoms with E-state index in [1.807, 2.05) is 6.92 Å². The molecule has 1 amide bonds. The van der Waals surface area contributed by atoms with Gasteiger partial charge in [-0.2, -0.15) is 0 Å². The van der Waals surface area contributed by atoms with Gasteiger partial charge in [-0.3, -0.25) is 10.1 Å². The van der Waals surface area contributed by atoms with Gasteiger partial charge in [0.05, 0.1) is 5.41 Å². The molecule has 16 heavy (non-hydrogen) atoms. The Morgan fingerprint density at radius 2 is 2.44 bits per heavy atom. The lowest BCUT2D eigenvalue weighted by Crippen LogP contribution is -2.37. The molecule has 2 heterocycles. The van der Waals surface area contributed by atoms with Crippen LogP contribution in [-0.2, 0) is 4.79 Å². The van der Waals surface area contributed by atoms with Crippen molar-refractivity contribution in [2.75, 3.05) is 18.4 Å². The molecular weight excluding hydrogens is 224 g/mol. The van der Waals surface area contributed by atoms with Gasteiger partial charge in [-0.1, -0.05) is 18.3 Å². The standard InChI is InChI=1S/C10H16N4OS/c1-3-10(4-5-11-6-10)8(15)12-9-14-13-7(2)16-9/h11H,3-6H2,1-2H3,(H,12,14,15). The highest BCUT2D eigenvalue weighted by Gasteiger charge is 2.39. The van der Waals surface area contributed by atoms with Crippen molar-refractivity contribution >= 4 is 22.4 Å². The van der Waals surface area contributed by atoms with Gasteiger partial charge in [0.25, 0.3) is 0 Å². The maximum atomic E-state index is 12.2. The van der Waals surface area contributed by atoms with Crippen LogP contribution in [0.25, 0.3) is 0 Å². The number of aryl methyl sites for hydroxylation is 1. The number of anilines is 1. The maximum Gasteiger partial charge on any atom is 0.233 e. The van der Waals surface area contributed by atoms with Crippen molar-refractivity contribution < 1.29 is 4.79 Å². The lowest BCUT2D eigenvalue weighted by atomic mass is 9.83. The van der Waals surface area contributed by atoms with Crippen LogP contribution in [-0.4, -0.2) is 29.2 Å². The van der Waals surface area contributed by atoms with Crippen LogP contribution in [0.1, 0.15) is 24.8 Å². The normalized spacial score (nSPS) is 24.6. The molecule has 0 spiro atoms. The molecule has 88 valence electrons. The van der Waals surface area contributed by atoms with Crippen LogP contribution in [0.2, 0.25) is 0 Å². The summed E-state index contributed by atoms with van der Waals surface area (Å²) in [4.78, 5) is 12.2. The van der Waals surface area contributed by atoms with Crippen LogP contribution in [0, 0.1) is 12.3 Å². The van der Waals surface area contributed by atoms with Crippen LogP contribution in [0.15, 0.2) is 0 Å². The molecule has 1 aromatic heterocycles. The Balaban J connectivity index is 2.07. The number of nitrogens with zero attached hydrogens (tertiary/aromatic N) is 2. The Morgan fingerprint density at radius 3 is 2.94 bits per heavy atom. The zero-order valence-electron chi connectivity index (χ0n) is 9.54. The molecule has 0 radical (unpaired) electrons. The van der Waals surface area contributed by atoms with Gasteiger partial charge in [0, 0.05) is 6.54 Å². The fourth-order valence-electron chi connectivity index (χ4n) is 1.98. The van der Waals surface area contributed by atoms with Gasteiger partial charge >= 0.3 is 0 Å². The smallest absolute Gasteiger partial charge is 0.233 e. The van der Waals surface area contributed by atoms with E-state index in [-0.39, 0.29) is 11.3 Å². The summed E-state index contributed by atoms with van der Waals surface area (Å²) in [6.07, 6.45) is 1.75. The summed E-state index contributed by atoms with van der Waals surface area (Å²) >= 11 is 1.41. The number of carbonyl (C=O) groups excluding carboxylic acids is 1. The number of hydrogen-bond donors (Lipinski definition) is 2. The van der Waals surface area contributed by atoms with Crippen molar-refractivity contribution in [3.8, 4) is 0 Å². The van der Waals surface area contributed by atoms with Crippen LogP contribution in [0.3, 0.4) is 0 Å². The summed E-state index contributed by atoms with van der Waals surface area (Å²) in [7, 11) is 0. The SMILES string of the molecule is CCC1(C(=O)Nc2nnc(C)s2)CCNC1. The fraction of sp³-hybridized carbons (Fsp3) is 0.700. The quantitative estimate of drug-likeness (QED) is 0.832. The van der Waals surface area contributed by atoms with Crippen molar-refractivity contribution in [2.24, 2.45) is 5.41 Å². The summed E-state index contributed by atoms with van der Waals surface area (Å²) in [6, 6.07) is 0. The fourth-order valence-corrected chi connectivity index (χ4v) is 2.56. The van der Waals surface area contributed by atoms with E-state index in [9.17, 15) is 4.79 Å². The van der Waals surface area contributed by atoms with E-state index in [2.05, 4.69) is 27.8 Å². The minimum atomic E-state index is -0.264. The average Bonchev–Trinajstić information content (AvgIpc) is 2.88. The van der Waals surface area contributed by atoms with Crippen molar-refractivity contribution in [3.63, 3.8) is 0 Å². The molecule has 1 aliphatic rings. The van der Waals surface area contributed by atoms with E-state index in [0.717, 1.165) is 30.9 Å². The molecule has 0 aliphatic carbocycles. The van der Waals surface area contributed by atoms with Crippen LogP contribution in [0.5, 0.6) is 0 Å². The molecule has 0 aromatic carbocycles. The van der Waals surface area contributed by atoms with Crippen molar-refractivity contribution in [3.05, 3.63) is 5.01 Å². The molecule has 2 rings (SSSR count). The number of nitrogens with one attached hydrogen (secondary N) is 2. The summed E-state index contributed by atoms with van der Waals surface area (Å²) in [5.41, 5.74) is -0.264. The number of carbonyl (C=O) groups is 1. The molecule has 1 saturated heterocycles. The number of amides is 1. The molecule has 1 fully saturated rings. The minimum Gasteiger partial charge on any atom is -0.316 e. The topological polar surface area (TPSA) is 66.9 Å². The Morgan fingerprint density at radius 1 is 1.62 bits per heavy atom. The zero-order chi connectivity index (χ0) is 11.6. The van der Waals surface area contributed by atoms with E-state index < -0.39 is 0 Å². The largest absolute Gasteiger partial charge is 0.316 e. The second-order valence-electron chi connectivity index (χ2n) is 4.14. The van der Waals surface area contributed by atoms with Crippen LogP contribution in [0.4, 0.5) is 5.13 Å². The van der Waals surface area contributed by atoms with E-state index in [4.69, 9.17) is 0 Å². The maximum absolute atomic E-state index is 12.2. The van der Waals surface area contributed by atoms with Crippen molar-refractivity contribution in [1.29, 1.82) is 0 Å². The molecule has 1 atom stereocenters. The first-order valence-electron chi connectivity index (χ1n) is 5.48. The van der Waals surface area contributed by atoms with E-state index >= 15 is 0 Å². The van der Waals surface area contributed by atoms with Crippen molar-refractivity contribution in [2.45, 2.75) is 26.7 Å². The molecule has 0 saturated carbocycles. The Hall–Kier alpha value is -1.01. The van der Waals surface area contributed by atoms with E-state index in [1.54, 1.807) is 0 Å². The van der Waals surface area contributed by atoms with E-state index in [0.29, 0.717) is 5.13 Å². The monoisotopic (exact) mass is 240 g/mol. The van der Waals surface area contributed by atoms with Gasteiger partial charge in [0.15, 0.2) is 0 Å². The summed E-state index contributed by atoms with van der Waals surface area (Å²) < 4.78 is 0. The van der Waals surface area contributed by atoms with Gasteiger partial charge in [-0.05, 0) is 26.3 Å². The first-order valence-corrected chi connectivity index (χ1v) is 6.30. The third kappa shape index (κ3) is 2.08. The molecule has 1 aromatic rings. The predicted octanol–water partition coefficient (Wildman–Crippen LogP) is 1.17. The molecule has 1 aliphatic heterocycles. The Kier molecular flexibility index (Phi) is 3.20. The predicted molar refractivity (Wildman–Crippen MR) is 63.5 cm³/mol. The highest BCUT2D eigenvalue weighted by Crippen LogP contribution is 2.31. The molecule has 1 unspecified atom stereocenters. The molecule has 2 N–H and O–H groups in total. The summed E-state index contributed by atoms with van der Waals surface area (Å²) in [5, 5.41) is 15.4. The molecular formula is C10H16N4OS. The third-order valence-electron chi connectivity index (χ3n) is 3.15. The first-order chi connectivity index (χ1) is 7.66. The van der Waals surface area contributed by atoms with Gasteiger partial charge in [0.2, 0.25) is 11.0 Å². The van der Waals surface area contributed by atoms with Gasteiger partial charge in [0.1, 0.15) is 5.01 Å². The number of rotatable bonds is 3. The van der Waals surface area contributed by atoms with Crippen molar-refractivity contribution in [1.82, 2.24) is 15.5 Å². The molecule has 5 nitrogen and oxygen atoms in total. The molecule has 0 bridgehead atoms. The highest BCUT2D eigenvalue weighted by molar-refractivity contribution is 7.15. The second-order valence-corrected chi connectivity index (χ2v) is 5.32. The lowest BCUT2D eigenvalue weighted by Gasteiger charge is -2.24. The number of aromatic nitrogens is 2. The van der Waals surface area contributed by atoms with Gasteiger partial charge in [-0.15, -0.1) is 10.2 Å². The Labute approximate surface area is 98.7 Å². The summed E-state index contributed by atoms with van der Waals surface area (Å²) in [6.45, 7) is 5.60. The first kappa shape index (κ1) is 11.5. The van der Waals surface area contributed by atoms with Gasteiger partial charge < -0.3 is 5.32 Å². The van der Waals surface area contributed by atoms with Gasteiger partial charge in [-0.25, -0.2) is 0 Å². The average molecular weight is 240 g/mol. The lowest BCUT2D eigenvalue weighted by molar-refractivity contribution is -0.124. The van der Waals surface area contributed by atoms with E-state index in [1.165, 1.54) is 11.3 Å². The Bertz CT molecular complexity index is 384. The number of hydrogen-bond acceptors (Lipinski definition) is 5. The molecule has 6 heteroatoms. The second kappa shape index (κ2) is 4.47. The third-order valence-corrected chi connectivity index (χ3v) is 3.90. The summed E-state index contributed by atoms with van der Waals surface area (Å²) in [5.74, 6) is 0.0659. The highest BCUT2D eigenvalue weighted by atomic mass is 32.1. The van der Waals surface area contributed by atoms with Crippen LogP contribution >= 0.6 is 11.3 Å². The minimum absolute atomic E-state index is 0.0659. The van der Waals surface area contributed by atoms with Crippen LogP contribution < -0.4 is 10.6 Å². The zero-order valence-corrected chi connectivity index (χ0v) is 10.4.